The van der Waals surface area contributed by atoms with E-state index in [0.717, 1.165) is 12.1 Å². The molecule has 0 fully saturated rings. The van der Waals surface area contributed by atoms with Crippen molar-refractivity contribution >= 4 is 17.3 Å². The molecule has 1 aliphatic heterocycles. The van der Waals surface area contributed by atoms with Gasteiger partial charge >= 0.3 is 11.9 Å². The molecule has 2 aromatic carbocycles. The summed E-state index contributed by atoms with van der Waals surface area (Å²) in [5.74, 6) is -1.47. The Morgan fingerprint density at radius 2 is 1.92 bits per heavy atom. The molecule has 0 saturated heterocycles. The first kappa shape index (κ1) is 17.5. The molecule has 0 bridgehead atoms. The number of halogens is 3. The van der Waals surface area contributed by atoms with Crippen LogP contribution in [0.4, 0.5) is 24.5 Å². The van der Waals surface area contributed by atoms with Crippen LogP contribution in [0.15, 0.2) is 42.5 Å². The first-order valence-electron chi connectivity index (χ1n) is 7.38. The smallest absolute Gasteiger partial charge is 0.406 e. The topological polar surface area (TPSA) is 95.7 Å². The summed E-state index contributed by atoms with van der Waals surface area (Å²) >= 11 is 0. The van der Waals surface area contributed by atoms with Crippen molar-refractivity contribution in [3.05, 3.63) is 63.7 Å². The number of amides is 1. The lowest BCUT2D eigenvalue weighted by atomic mass is 10.0. The summed E-state index contributed by atoms with van der Waals surface area (Å²) in [6, 6.07) is 9.22. The van der Waals surface area contributed by atoms with Crippen molar-refractivity contribution in [2.75, 3.05) is 11.9 Å². The Morgan fingerprint density at radius 1 is 1.23 bits per heavy atom. The molecule has 136 valence electrons. The summed E-state index contributed by atoms with van der Waals surface area (Å²) in [5, 5.41) is 23.3. The van der Waals surface area contributed by atoms with Gasteiger partial charge in [-0.3, -0.25) is 14.9 Å². The van der Waals surface area contributed by atoms with Gasteiger partial charge in [0.25, 0.3) is 5.91 Å². The fraction of sp³-hybridized carbons (Fsp3) is 0.188. The zero-order chi connectivity index (χ0) is 19.1. The predicted molar refractivity (Wildman–Crippen MR) is 84.7 cm³/mol. The Kier molecular flexibility index (Phi) is 4.18. The molecule has 1 amide bonds. The van der Waals surface area contributed by atoms with Crippen LogP contribution in [0, 0.1) is 10.1 Å². The standard InChI is InChI=1S/C16H12F3N3O4/c17-16(18,19)8-21-14(9-5-6-13(23)12(7-9)22(25)26)20-11-4-2-1-3-10(11)15(21)24/h1-7,14,20,23H,8H2/t14-/m0/s1. The van der Waals surface area contributed by atoms with Gasteiger partial charge < -0.3 is 15.3 Å². The average Bonchev–Trinajstić information content (AvgIpc) is 2.56. The van der Waals surface area contributed by atoms with Crippen molar-refractivity contribution in [1.29, 1.82) is 0 Å². The lowest BCUT2D eigenvalue weighted by molar-refractivity contribution is -0.385. The van der Waals surface area contributed by atoms with Crippen molar-refractivity contribution in [3.8, 4) is 5.75 Å². The largest absolute Gasteiger partial charge is 0.502 e. The monoisotopic (exact) mass is 367 g/mol. The number of nitro groups is 1. The highest BCUT2D eigenvalue weighted by atomic mass is 19.4. The Bertz CT molecular complexity index is 885. The number of hydrogen-bond acceptors (Lipinski definition) is 5. The Balaban J connectivity index is 2.09. The van der Waals surface area contributed by atoms with E-state index in [2.05, 4.69) is 5.32 Å². The highest BCUT2D eigenvalue weighted by Gasteiger charge is 2.41. The molecule has 1 atom stereocenters. The van der Waals surface area contributed by atoms with Gasteiger partial charge in [-0.1, -0.05) is 18.2 Å². The number of alkyl halides is 3. The molecule has 10 heteroatoms. The van der Waals surface area contributed by atoms with Gasteiger partial charge in [0.15, 0.2) is 5.75 Å². The summed E-state index contributed by atoms with van der Waals surface area (Å²) in [7, 11) is 0. The number of carbonyl (C=O) groups is 1. The fourth-order valence-corrected chi connectivity index (χ4v) is 2.77. The normalized spacial score (nSPS) is 16.8. The molecule has 0 aromatic heterocycles. The Morgan fingerprint density at radius 3 is 2.58 bits per heavy atom. The number of phenols is 1. The van der Waals surface area contributed by atoms with Crippen LogP contribution < -0.4 is 5.32 Å². The summed E-state index contributed by atoms with van der Waals surface area (Å²) in [6.45, 7) is -1.54. The van der Waals surface area contributed by atoms with Crippen molar-refractivity contribution in [2.45, 2.75) is 12.3 Å². The highest BCUT2D eigenvalue weighted by Crippen LogP contribution is 2.37. The molecule has 2 aromatic rings. The summed E-state index contributed by atoms with van der Waals surface area (Å²) in [4.78, 5) is 23.3. The van der Waals surface area contributed by atoms with Crippen LogP contribution in [0.3, 0.4) is 0 Å². The Hall–Kier alpha value is -3.30. The second-order valence-electron chi connectivity index (χ2n) is 5.65. The molecule has 1 heterocycles. The number of hydrogen-bond donors (Lipinski definition) is 2. The number of para-hydroxylation sites is 1. The number of rotatable bonds is 3. The van der Waals surface area contributed by atoms with Gasteiger partial charge in [-0.25, -0.2) is 0 Å². The number of fused-ring (bicyclic) bond motifs is 1. The van der Waals surface area contributed by atoms with Crippen molar-refractivity contribution < 1.29 is 28.0 Å². The third-order valence-electron chi connectivity index (χ3n) is 3.88. The van der Waals surface area contributed by atoms with E-state index < -0.39 is 41.2 Å². The average molecular weight is 367 g/mol. The molecule has 0 radical (unpaired) electrons. The molecular formula is C16H12F3N3O4. The van der Waals surface area contributed by atoms with E-state index in [1.165, 1.54) is 24.3 Å². The molecule has 0 unspecified atom stereocenters. The Labute approximate surface area is 144 Å². The van der Waals surface area contributed by atoms with Crippen LogP contribution in [0.2, 0.25) is 0 Å². The van der Waals surface area contributed by atoms with Gasteiger partial charge in [-0.15, -0.1) is 0 Å². The highest BCUT2D eigenvalue weighted by molar-refractivity contribution is 6.01. The molecular weight excluding hydrogens is 355 g/mol. The molecule has 2 N–H and O–H groups in total. The van der Waals surface area contributed by atoms with Crippen LogP contribution in [-0.4, -0.2) is 33.6 Å². The molecule has 7 nitrogen and oxygen atoms in total. The number of anilines is 1. The quantitative estimate of drug-likeness (QED) is 0.640. The number of nitrogens with one attached hydrogen (secondary N) is 1. The SMILES string of the molecule is O=C1c2ccccc2N[C@H](c2ccc(O)c([N+](=O)[O-])c2)N1CC(F)(F)F. The summed E-state index contributed by atoms with van der Waals surface area (Å²) < 4.78 is 38.9. The van der Waals surface area contributed by atoms with Crippen LogP contribution >= 0.6 is 0 Å². The first-order valence-corrected chi connectivity index (χ1v) is 7.38. The lowest BCUT2D eigenvalue weighted by Gasteiger charge is -2.38. The third kappa shape index (κ3) is 3.25. The third-order valence-corrected chi connectivity index (χ3v) is 3.88. The summed E-state index contributed by atoms with van der Waals surface area (Å²) in [5.41, 5.74) is -0.234. The minimum atomic E-state index is -4.66. The lowest BCUT2D eigenvalue weighted by Crippen LogP contribution is -2.47. The maximum absolute atomic E-state index is 13.0. The first-order chi connectivity index (χ1) is 12.2. The second kappa shape index (κ2) is 6.21. The minimum Gasteiger partial charge on any atom is -0.502 e. The maximum atomic E-state index is 13.0. The van der Waals surface area contributed by atoms with Crippen LogP contribution in [0.5, 0.6) is 5.75 Å². The van der Waals surface area contributed by atoms with E-state index in [1.807, 2.05) is 0 Å². The van der Waals surface area contributed by atoms with E-state index >= 15 is 0 Å². The van der Waals surface area contributed by atoms with Gasteiger partial charge in [0.05, 0.1) is 10.5 Å². The van der Waals surface area contributed by atoms with E-state index in [4.69, 9.17) is 0 Å². The van der Waals surface area contributed by atoms with Crippen molar-refractivity contribution in [3.63, 3.8) is 0 Å². The van der Waals surface area contributed by atoms with Crippen molar-refractivity contribution in [1.82, 2.24) is 4.90 Å². The van der Waals surface area contributed by atoms with Gasteiger partial charge in [-0.05, 0) is 18.2 Å². The van der Waals surface area contributed by atoms with Crippen LogP contribution in [-0.2, 0) is 0 Å². The number of benzene rings is 2. The zero-order valence-electron chi connectivity index (χ0n) is 13.0. The van der Waals surface area contributed by atoms with Gasteiger partial charge in [0.2, 0.25) is 0 Å². The van der Waals surface area contributed by atoms with Crippen LogP contribution in [0.1, 0.15) is 22.1 Å². The molecule has 0 saturated carbocycles. The number of aromatic hydroxyl groups is 1. The summed E-state index contributed by atoms with van der Waals surface area (Å²) in [6.07, 6.45) is -5.94. The molecule has 0 spiro atoms. The molecule has 26 heavy (non-hydrogen) atoms. The van der Waals surface area contributed by atoms with Gasteiger partial charge in [-0.2, -0.15) is 13.2 Å². The van der Waals surface area contributed by atoms with E-state index in [0.29, 0.717) is 10.6 Å². The zero-order valence-corrected chi connectivity index (χ0v) is 13.0. The maximum Gasteiger partial charge on any atom is 0.406 e. The fourth-order valence-electron chi connectivity index (χ4n) is 2.77. The molecule has 0 aliphatic carbocycles. The predicted octanol–water partition coefficient (Wildman–Crippen LogP) is 3.43. The molecule has 3 rings (SSSR count). The van der Waals surface area contributed by atoms with Crippen molar-refractivity contribution in [2.24, 2.45) is 0 Å². The van der Waals surface area contributed by atoms with Gasteiger partial charge in [0.1, 0.15) is 12.7 Å². The number of carbonyl (C=O) groups excluding carboxylic acids is 1. The van der Waals surface area contributed by atoms with Crippen LogP contribution in [0.25, 0.3) is 0 Å². The van der Waals surface area contributed by atoms with E-state index in [1.54, 1.807) is 6.07 Å². The minimum absolute atomic E-state index is 0.0432. The second-order valence-corrected chi connectivity index (χ2v) is 5.65. The van der Waals surface area contributed by atoms with E-state index in [9.17, 15) is 33.2 Å². The number of nitro benzene ring substituents is 1. The number of phenolic OH excluding ortho intramolecular Hbond substituents is 1. The van der Waals surface area contributed by atoms with Gasteiger partial charge in [0, 0.05) is 17.3 Å². The molecule has 1 aliphatic rings. The number of nitrogens with zero attached hydrogens (tertiary/aromatic N) is 2. The van der Waals surface area contributed by atoms with E-state index in [-0.39, 0.29) is 11.1 Å².